The van der Waals surface area contributed by atoms with Crippen LogP contribution >= 0.6 is 0 Å². The second-order valence-corrected chi connectivity index (χ2v) is 5.86. The van der Waals surface area contributed by atoms with Crippen molar-refractivity contribution in [3.05, 3.63) is 72.9 Å². The molecule has 0 atom stereocenters. The molecule has 0 radical (unpaired) electrons. The van der Waals surface area contributed by atoms with E-state index in [1.54, 1.807) is 24.8 Å². The van der Waals surface area contributed by atoms with E-state index in [0.717, 1.165) is 0 Å². The number of nitrogens with zero attached hydrogens (tertiary/aromatic N) is 4. The van der Waals surface area contributed by atoms with Crippen LogP contribution in [-0.4, -0.2) is 74.8 Å². The van der Waals surface area contributed by atoms with Gasteiger partial charge in [-0.05, 0) is 0 Å². The predicted octanol–water partition coefficient (Wildman–Crippen LogP) is 2.20. The Labute approximate surface area is 252 Å². The number of rotatable bonds is 4. The number of H-pyrrole nitrogens is 4. The molecular formula is C16H24Ag2B2F8N8O4. The van der Waals surface area contributed by atoms with Gasteiger partial charge in [0.1, 0.15) is 0 Å². The zero-order valence-electron chi connectivity index (χ0n) is 19.8. The maximum Gasteiger partial charge on any atom is 1.00 e. The first kappa shape index (κ1) is 44.7. The molecule has 0 amide bonds. The third-order valence-corrected chi connectivity index (χ3v) is 2.87. The van der Waals surface area contributed by atoms with Crippen molar-refractivity contribution in [3.63, 3.8) is 0 Å². The number of imidazole rings is 4. The van der Waals surface area contributed by atoms with Gasteiger partial charge in [-0.15, -0.1) is 0 Å². The van der Waals surface area contributed by atoms with Crippen LogP contribution < -0.4 is 0 Å². The number of aliphatic hydroxyl groups excluding tert-OH is 4. The summed E-state index contributed by atoms with van der Waals surface area (Å²) < 4.78 is 78.0. The average Bonchev–Trinajstić information content (AvgIpc) is 3.67. The topological polar surface area (TPSA) is 196 Å². The molecule has 0 fully saturated rings. The van der Waals surface area contributed by atoms with Crippen LogP contribution in [0.1, 0.15) is 22.8 Å². The molecular weight excluding hydrogens is 758 g/mol. The standard InChI is InChI=1S/4C4H6N2O.2Ag.2BF4/c4*7-2-4-1-5-3-6-4;;;2*2-1(3,4)5/h4*1,3,7H,2H2,(H,5,6);;;;/q;;;;2*+1;2*-1. The fourth-order valence-corrected chi connectivity index (χ4v) is 1.51. The number of aromatic nitrogens is 8. The molecule has 4 heterocycles. The molecule has 0 unspecified atom stereocenters. The van der Waals surface area contributed by atoms with Gasteiger partial charge in [-0.25, -0.2) is 19.9 Å². The molecule has 236 valence electrons. The Morgan fingerprint density at radius 2 is 0.600 bits per heavy atom. The SMILES string of the molecule is F[B-](F)(F)F.F[B-](F)(F)F.OCc1c[nH]cn1.OCc1c[nH]cn1.OCc1c[nH]cn1.OCc1c[nH]cn1.[Ag+].[Ag+]. The van der Waals surface area contributed by atoms with E-state index in [2.05, 4.69) is 39.9 Å². The third kappa shape index (κ3) is 37.9. The maximum atomic E-state index is 9.75. The van der Waals surface area contributed by atoms with Crippen LogP contribution in [0.15, 0.2) is 50.1 Å². The summed E-state index contributed by atoms with van der Waals surface area (Å²) in [6.45, 7) is 0.0694. The monoisotopic (exact) mass is 780 g/mol. The Hall–Kier alpha value is -2.27. The van der Waals surface area contributed by atoms with Crippen LogP contribution in [0.4, 0.5) is 34.5 Å². The summed E-state index contributed by atoms with van der Waals surface area (Å²) in [7, 11) is -12.0. The van der Waals surface area contributed by atoms with Crippen molar-refractivity contribution < 1.29 is 99.7 Å². The Kier molecular flexibility index (Phi) is 30.1. The third-order valence-electron chi connectivity index (χ3n) is 2.87. The molecule has 0 aromatic carbocycles. The van der Waals surface area contributed by atoms with Crippen LogP contribution in [0.5, 0.6) is 0 Å². The molecule has 0 aliphatic rings. The predicted molar refractivity (Wildman–Crippen MR) is 118 cm³/mol. The zero-order chi connectivity index (χ0) is 29.5. The average molecular weight is 782 g/mol. The number of nitrogens with one attached hydrogen (secondary N) is 4. The molecule has 0 saturated carbocycles. The van der Waals surface area contributed by atoms with Gasteiger partial charge in [0.05, 0.1) is 74.5 Å². The fraction of sp³-hybridized carbons (Fsp3) is 0.250. The molecule has 24 heteroatoms. The van der Waals surface area contributed by atoms with Gasteiger partial charge in [0.25, 0.3) is 0 Å². The minimum Gasteiger partial charge on any atom is -0.418 e. The van der Waals surface area contributed by atoms with Crippen LogP contribution in [0, 0.1) is 0 Å². The Morgan fingerprint density at radius 1 is 0.450 bits per heavy atom. The van der Waals surface area contributed by atoms with Crippen LogP contribution in [-0.2, 0) is 71.2 Å². The van der Waals surface area contributed by atoms with Gasteiger partial charge in [0.2, 0.25) is 0 Å². The molecule has 4 aromatic heterocycles. The molecule has 4 rings (SSSR count). The normalized spacial score (nSPS) is 9.50. The molecule has 4 aromatic rings. The van der Waals surface area contributed by atoms with E-state index in [0.29, 0.717) is 22.8 Å². The zero-order valence-corrected chi connectivity index (χ0v) is 22.8. The van der Waals surface area contributed by atoms with E-state index in [-0.39, 0.29) is 71.2 Å². The molecule has 0 aliphatic carbocycles. The summed E-state index contributed by atoms with van der Waals surface area (Å²) >= 11 is 0. The summed E-state index contributed by atoms with van der Waals surface area (Å²) in [6.07, 6.45) is 12.7. The fourth-order valence-electron chi connectivity index (χ4n) is 1.51. The second kappa shape index (κ2) is 26.9. The molecule has 0 saturated heterocycles. The van der Waals surface area contributed by atoms with Gasteiger partial charge in [-0.1, -0.05) is 0 Å². The van der Waals surface area contributed by atoms with Gasteiger partial charge in [-0.2, -0.15) is 0 Å². The van der Waals surface area contributed by atoms with E-state index in [1.165, 1.54) is 25.3 Å². The summed E-state index contributed by atoms with van der Waals surface area (Å²) in [6, 6.07) is 0. The van der Waals surface area contributed by atoms with Crippen molar-refractivity contribution in [2.75, 3.05) is 0 Å². The maximum absolute atomic E-state index is 9.75. The van der Waals surface area contributed by atoms with E-state index < -0.39 is 14.5 Å². The summed E-state index contributed by atoms with van der Waals surface area (Å²) in [5.74, 6) is 0. The Bertz CT molecular complexity index is 825. The molecule has 0 aliphatic heterocycles. The van der Waals surface area contributed by atoms with Crippen LogP contribution in [0.25, 0.3) is 0 Å². The van der Waals surface area contributed by atoms with Gasteiger partial charge in [0.15, 0.2) is 0 Å². The minimum atomic E-state index is -6.00. The minimum absolute atomic E-state index is 0. The van der Waals surface area contributed by atoms with E-state index in [1.807, 2.05) is 0 Å². The van der Waals surface area contributed by atoms with E-state index in [4.69, 9.17) is 20.4 Å². The smallest absolute Gasteiger partial charge is 0.418 e. The molecule has 0 bridgehead atoms. The summed E-state index contributed by atoms with van der Waals surface area (Å²) in [4.78, 5) is 25.8. The first-order chi connectivity index (χ1) is 17.7. The summed E-state index contributed by atoms with van der Waals surface area (Å²) in [5, 5.41) is 33.4. The number of hydrogen-bond acceptors (Lipinski definition) is 8. The Balaban J connectivity index is -0.000000194. The number of aliphatic hydroxyl groups is 4. The van der Waals surface area contributed by atoms with Crippen molar-refractivity contribution in [1.82, 2.24) is 39.9 Å². The van der Waals surface area contributed by atoms with E-state index >= 15 is 0 Å². The quantitative estimate of drug-likeness (QED) is 0.114. The van der Waals surface area contributed by atoms with Gasteiger partial charge >= 0.3 is 59.3 Å². The van der Waals surface area contributed by atoms with Crippen molar-refractivity contribution in [2.45, 2.75) is 26.4 Å². The summed E-state index contributed by atoms with van der Waals surface area (Å²) in [5.41, 5.74) is 2.72. The molecule has 0 spiro atoms. The van der Waals surface area contributed by atoms with Crippen LogP contribution in [0.2, 0.25) is 0 Å². The Morgan fingerprint density at radius 3 is 0.650 bits per heavy atom. The van der Waals surface area contributed by atoms with Crippen molar-refractivity contribution in [2.24, 2.45) is 0 Å². The molecule has 12 nitrogen and oxygen atoms in total. The first-order valence-electron chi connectivity index (χ1n) is 9.82. The van der Waals surface area contributed by atoms with Crippen LogP contribution in [0.3, 0.4) is 0 Å². The first-order valence-corrected chi connectivity index (χ1v) is 9.82. The van der Waals surface area contributed by atoms with Gasteiger partial charge < -0.3 is 74.9 Å². The van der Waals surface area contributed by atoms with Gasteiger partial charge in [-0.3, -0.25) is 0 Å². The van der Waals surface area contributed by atoms with Crippen molar-refractivity contribution >= 4 is 14.5 Å². The van der Waals surface area contributed by atoms with E-state index in [9.17, 15) is 34.5 Å². The van der Waals surface area contributed by atoms with Crippen molar-refractivity contribution in [3.8, 4) is 0 Å². The number of halogens is 8. The largest absolute Gasteiger partial charge is 1.00 e. The number of aromatic amines is 4. The second-order valence-electron chi connectivity index (χ2n) is 5.86. The number of hydrogen-bond donors (Lipinski definition) is 8. The molecule has 8 N–H and O–H groups in total. The van der Waals surface area contributed by atoms with Gasteiger partial charge in [0, 0.05) is 24.8 Å². The molecule has 40 heavy (non-hydrogen) atoms. The van der Waals surface area contributed by atoms with Crippen molar-refractivity contribution in [1.29, 1.82) is 0 Å².